The lowest BCUT2D eigenvalue weighted by Gasteiger charge is -2.22. The number of rotatable bonds is 1. The van der Waals surface area contributed by atoms with Crippen molar-refractivity contribution in [1.82, 2.24) is 0 Å². The van der Waals surface area contributed by atoms with Gasteiger partial charge in [-0.1, -0.05) is 25.3 Å². The van der Waals surface area contributed by atoms with Crippen molar-refractivity contribution in [1.29, 1.82) is 5.26 Å². The summed E-state index contributed by atoms with van der Waals surface area (Å²) in [6.45, 7) is 1.92. The van der Waals surface area contributed by atoms with Gasteiger partial charge in [0, 0.05) is 12.1 Å². The van der Waals surface area contributed by atoms with Crippen LogP contribution in [0.2, 0.25) is 0 Å². The smallest absolute Gasteiger partial charge is 0.200 e. The van der Waals surface area contributed by atoms with Gasteiger partial charge >= 0.3 is 0 Å². The topological polar surface area (TPSA) is 80.0 Å². The van der Waals surface area contributed by atoms with Crippen LogP contribution in [-0.2, 0) is 6.42 Å². The van der Waals surface area contributed by atoms with Crippen molar-refractivity contribution in [2.45, 2.75) is 57.8 Å². The summed E-state index contributed by atoms with van der Waals surface area (Å²) >= 11 is 0. The van der Waals surface area contributed by atoms with Gasteiger partial charge in [-0.15, -0.1) is 0 Å². The predicted octanol–water partition coefficient (Wildman–Crippen LogP) is 4.93. The summed E-state index contributed by atoms with van der Waals surface area (Å²) in [6, 6.07) is 8.17. The molecule has 4 heteroatoms. The Morgan fingerprint density at radius 1 is 1.19 bits per heavy atom. The van der Waals surface area contributed by atoms with Crippen LogP contribution < -0.4 is 11.2 Å². The van der Waals surface area contributed by atoms with Crippen LogP contribution in [0.3, 0.4) is 0 Å². The minimum atomic E-state index is -0.0657. The Hall–Kier alpha value is -2.80. The first-order chi connectivity index (χ1) is 13.1. The standard InChI is InChI=1S/C23H24N2O2/c1-14-7-9-20-19(12-17(13-24)22(14)25)23(26)18-11-16(8-10-21(18)27-20)15-5-3-2-4-6-15/h8,10-12,15H,2-7,9,25H2,1H3/b17-12-,22-14-. The third-order valence-corrected chi connectivity index (χ3v) is 5.99. The third-order valence-electron chi connectivity index (χ3n) is 5.99. The lowest BCUT2D eigenvalue weighted by Crippen LogP contribution is -2.14. The van der Waals surface area contributed by atoms with Gasteiger partial charge in [-0.3, -0.25) is 4.79 Å². The molecule has 0 saturated heterocycles. The predicted molar refractivity (Wildman–Crippen MR) is 107 cm³/mol. The second-order valence-electron chi connectivity index (χ2n) is 7.72. The molecule has 0 aliphatic heterocycles. The van der Waals surface area contributed by atoms with Crippen LogP contribution in [0.25, 0.3) is 17.0 Å². The van der Waals surface area contributed by atoms with E-state index in [1.807, 2.05) is 19.1 Å². The van der Waals surface area contributed by atoms with E-state index < -0.39 is 0 Å². The summed E-state index contributed by atoms with van der Waals surface area (Å²) in [5.74, 6) is 1.16. The Kier molecular flexibility index (Phi) is 4.61. The summed E-state index contributed by atoms with van der Waals surface area (Å²) in [6.07, 6.45) is 9.05. The fraction of sp³-hybridized carbons (Fsp3) is 0.391. The van der Waals surface area contributed by atoms with E-state index in [4.69, 9.17) is 10.2 Å². The second kappa shape index (κ2) is 7.08. The molecule has 2 aliphatic carbocycles. The average molecular weight is 360 g/mol. The van der Waals surface area contributed by atoms with Gasteiger partial charge in [0.05, 0.1) is 16.5 Å². The molecule has 0 spiro atoms. The zero-order valence-electron chi connectivity index (χ0n) is 15.7. The molecule has 27 heavy (non-hydrogen) atoms. The van der Waals surface area contributed by atoms with Gasteiger partial charge in [-0.05, 0) is 61.4 Å². The van der Waals surface area contributed by atoms with Crippen molar-refractivity contribution in [3.05, 3.63) is 62.2 Å². The summed E-state index contributed by atoms with van der Waals surface area (Å²) in [4.78, 5) is 13.3. The molecule has 4 rings (SSSR count). The zero-order valence-corrected chi connectivity index (χ0v) is 15.7. The Morgan fingerprint density at radius 3 is 2.70 bits per heavy atom. The highest BCUT2D eigenvalue weighted by Crippen LogP contribution is 2.34. The molecule has 1 aromatic carbocycles. The molecule has 1 heterocycles. The first-order valence-corrected chi connectivity index (χ1v) is 9.75. The van der Waals surface area contributed by atoms with Crippen molar-refractivity contribution < 1.29 is 4.42 Å². The largest absolute Gasteiger partial charge is 0.460 e. The van der Waals surface area contributed by atoms with Gasteiger partial charge < -0.3 is 10.2 Å². The van der Waals surface area contributed by atoms with E-state index in [1.54, 1.807) is 6.08 Å². The number of nitrogens with zero attached hydrogens (tertiary/aromatic N) is 1. The highest BCUT2D eigenvalue weighted by molar-refractivity contribution is 5.81. The fourth-order valence-electron chi connectivity index (χ4n) is 4.28. The maximum Gasteiger partial charge on any atom is 0.200 e. The van der Waals surface area contributed by atoms with Crippen LogP contribution in [-0.4, -0.2) is 0 Å². The molecule has 0 unspecified atom stereocenters. The van der Waals surface area contributed by atoms with Crippen molar-refractivity contribution in [3.63, 3.8) is 0 Å². The highest BCUT2D eigenvalue weighted by atomic mass is 16.3. The Labute approximate surface area is 159 Å². The molecule has 2 aromatic rings. The minimum Gasteiger partial charge on any atom is -0.460 e. The Bertz CT molecular complexity index is 1060. The quantitative estimate of drug-likeness (QED) is 0.782. The zero-order chi connectivity index (χ0) is 19.0. The number of aryl methyl sites for hydroxylation is 1. The summed E-state index contributed by atoms with van der Waals surface area (Å²) in [5.41, 5.74) is 10.1. The monoisotopic (exact) mass is 360 g/mol. The van der Waals surface area contributed by atoms with Crippen LogP contribution in [0.15, 0.2) is 44.3 Å². The van der Waals surface area contributed by atoms with Gasteiger partial charge in [0.15, 0.2) is 5.43 Å². The molecule has 1 aromatic heterocycles. The number of fused-ring (bicyclic) bond motifs is 2. The molecule has 2 aliphatic rings. The van der Waals surface area contributed by atoms with E-state index in [9.17, 15) is 10.1 Å². The number of benzene rings is 1. The Morgan fingerprint density at radius 2 is 1.96 bits per heavy atom. The van der Waals surface area contributed by atoms with Gasteiger partial charge in [-0.25, -0.2) is 0 Å². The number of hydrogen-bond donors (Lipinski definition) is 1. The number of allylic oxidation sites excluding steroid dienone is 2. The highest BCUT2D eigenvalue weighted by Gasteiger charge is 2.20. The van der Waals surface area contributed by atoms with E-state index in [1.165, 1.54) is 37.7 Å². The minimum absolute atomic E-state index is 0.0657. The van der Waals surface area contributed by atoms with E-state index in [-0.39, 0.29) is 5.43 Å². The molecule has 0 radical (unpaired) electrons. The van der Waals surface area contributed by atoms with Gasteiger partial charge in [-0.2, -0.15) is 5.26 Å². The number of nitriles is 1. The summed E-state index contributed by atoms with van der Waals surface area (Å²) in [7, 11) is 0. The third kappa shape index (κ3) is 3.19. The number of hydrogen-bond acceptors (Lipinski definition) is 4. The Balaban J connectivity index is 1.89. The summed E-state index contributed by atoms with van der Waals surface area (Å²) in [5, 5.41) is 10.1. The van der Waals surface area contributed by atoms with Gasteiger partial charge in [0.2, 0.25) is 0 Å². The van der Waals surface area contributed by atoms with Gasteiger partial charge in [0.1, 0.15) is 17.4 Å². The van der Waals surface area contributed by atoms with Crippen LogP contribution in [0.5, 0.6) is 0 Å². The SMILES string of the molecule is C/C1=C(N)\C(C#N)=C/c2c(oc3ccc(C4CCCCC4)cc3c2=O)CC1. The molecule has 4 nitrogen and oxygen atoms in total. The number of nitrogens with two attached hydrogens (primary N) is 1. The van der Waals surface area contributed by atoms with Crippen LogP contribution in [0.4, 0.5) is 0 Å². The molecule has 2 N–H and O–H groups in total. The molecule has 0 amide bonds. The first kappa shape index (κ1) is 17.6. The van der Waals surface area contributed by atoms with Crippen molar-refractivity contribution >= 4 is 17.0 Å². The van der Waals surface area contributed by atoms with E-state index in [0.29, 0.717) is 52.3 Å². The maximum atomic E-state index is 13.3. The molecule has 0 atom stereocenters. The molecule has 1 saturated carbocycles. The fourth-order valence-corrected chi connectivity index (χ4v) is 4.28. The van der Waals surface area contributed by atoms with Crippen LogP contribution in [0, 0.1) is 11.3 Å². The first-order valence-electron chi connectivity index (χ1n) is 9.75. The second-order valence-corrected chi connectivity index (χ2v) is 7.72. The van der Waals surface area contributed by atoms with Crippen LogP contribution >= 0.6 is 0 Å². The lowest BCUT2D eigenvalue weighted by atomic mass is 9.83. The normalized spacial score (nSPS) is 23.0. The molecular formula is C23H24N2O2. The van der Waals surface area contributed by atoms with Crippen molar-refractivity contribution in [3.8, 4) is 6.07 Å². The molecule has 0 bridgehead atoms. The summed E-state index contributed by atoms with van der Waals surface area (Å²) < 4.78 is 6.10. The van der Waals surface area contributed by atoms with Gasteiger partial charge in [0.25, 0.3) is 0 Å². The van der Waals surface area contributed by atoms with E-state index >= 15 is 0 Å². The molecular weight excluding hydrogens is 336 g/mol. The maximum absolute atomic E-state index is 13.3. The van der Waals surface area contributed by atoms with Crippen LogP contribution in [0.1, 0.15) is 68.3 Å². The van der Waals surface area contributed by atoms with Crippen molar-refractivity contribution in [2.75, 3.05) is 0 Å². The van der Waals surface area contributed by atoms with E-state index in [2.05, 4.69) is 12.1 Å². The molecule has 1 fully saturated rings. The average Bonchev–Trinajstić information content (AvgIpc) is 2.70. The van der Waals surface area contributed by atoms with Crippen molar-refractivity contribution in [2.24, 2.45) is 5.73 Å². The molecule has 138 valence electrons. The van der Waals surface area contributed by atoms with E-state index in [0.717, 1.165) is 5.57 Å². The lowest BCUT2D eigenvalue weighted by molar-refractivity contribution is 0.443.